The van der Waals surface area contributed by atoms with Gasteiger partial charge in [-0.2, -0.15) is 0 Å². The molecule has 0 aromatic heterocycles. The predicted octanol–water partition coefficient (Wildman–Crippen LogP) is 2.07. The van der Waals surface area contributed by atoms with Crippen molar-refractivity contribution >= 4 is 5.91 Å². The molecule has 2 N–H and O–H groups in total. The lowest BCUT2D eigenvalue weighted by Crippen LogP contribution is -2.49. The summed E-state index contributed by atoms with van der Waals surface area (Å²) in [5, 5.41) is 6.41. The first-order valence-corrected chi connectivity index (χ1v) is 6.31. The maximum Gasteiger partial charge on any atom is 0.240 e. The van der Waals surface area contributed by atoms with E-state index >= 15 is 0 Å². The maximum absolute atomic E-state index is 12.0. The molecular formula is C13H26N2O. The van der Waals surface area contributed by atoms with Crippen molar-refractivity contribution in [3.8, 4) is 0 Å². The lowest BCUT2D eigenvalue weighted by molar-refractivity contribution is -0.124. The van der Waals surface area contributed by atoms with Crippen molar-refractivity contribution in [2.24, 2.45) is 5.41 Å². The van der Waals surface area contributed by atoms with Crippen LogP contribution in [0.2, 0.25) is 0 Å². The van der Waals surface area contributed by atoms with Crippen molar-refractivity contribution in [2.75, 3.05) is 6.54 Å². The van der Waals surface area contributed by atoms with Crippen LogP contribution in [0.5, 0.6) is 0 Å². The van der Waals surface area contributed by atoms with Crippen molar-refractivity contribution in [3.05, 3.63) is 0 Å². The summed E-state index contributed by atoms with van der Waals surface area (Å²) < 4.78 is 0. The van der Waals surface area contributed by atoms with E-state index in [0.29, 0.717) is 6.04 Å². The van der Waals surface area contributed by atoms with Gasteiger partial charge < -0.3 is 10.6 Å². The summed E-state index contributed by atoms with van der Waals surface area (Å²) in [5.41, 5.74) is 0.0432. The Morgan fingerprint density at radius 2 is 1.88 bits per heavy atom. The Bertz CT molecular complexity index is 249. The van der Waals surface area contributed by atoms with Gasteiger partial charge in [-0.15, -0.1) is 0 Å². The molecule has 1 saturated carbocycles. The highest BCUT2D eigenvalue weighted by atomic mass is 16.2. The summed E-state index contributed by atoms with van der Waals surface area (Å²) in [6.07, 6.45) is 2.98. The molecule has 0 aromatic carbocycles. The van der Waals surface area contributed by atoms with Crippen LogP contribution >= 0.6 is 0 Å². The third kappa shape index (κ3) is 4.12. The third-order valence-electron chi connectivity index (χ3n) is 2.91. The molecule has 0 saturated heterocycles. The summed E-state index contributed by atoms with van der Waals surface area (Å²) in [7, 11) is 0. The molecule has 0 heterocycles. The van der Waals surface area contributed by atoms with E-state index in [9.17, 15) is 4.79 Å². The Balaban J connectivity index is 2.30. The van der Waals surface area contributed by atoms with Crippen LogP contribution in [0.25, 0.3) is 0 Å². The van der Waals surface area contributed by atoms with Gasteiger partial charge in [0, 0.05) is 12.6 Å². The average molecular weight is 226 g/mol. The highest BCUT2D eigenvalue weighted by Gasteiger charge is 2.49. The summed E-state index contributed by atoms with van der Waals surface area (Å²) in [5.74, 6) is 0.186. The van der Waals surface area contributed by atoms with E-state index in [1.165, 1.54) is 0 Å². The molecule has 3 heteroatoms. The number of hydrogen-bond donors (Lipinski definition) is 2. The number of carbonyl (C=O) groups is 1. The number of carbonyl (C=O) groups excluding carboxylic acids is 1. The van der Waals surface area contributed by atoms with E-state index in [2.05, 4.69) is 45.3 Å². The molecule has 0 bridgehead atoms. The first-order chi connectivity index (χ1) is 7.25. The topological polar surface area (TPSA) is 41.1 Å². The quantitative estimate of drug-likeness (QED) is 0.753. The molecule has 1 rings (SSSR count). The standard InChI is InChI=1S/C13H26N2O/c1-10(2)15-13(6-7-13)11(16)14-9-8-12(3,4)5/h10,15H,6-9H2,1-5H3,(H,14,16). The van der Waals surface area contributed by atoms with E-state index in [0.717, 1.165) is 25.8 Å². The predicted molar refractivity (Wildman–Crippen MR) is 67.3 cm³/mol. The number of hydrogen-bond acceptors (Lipinski definition) is 2. The van der Waals surface area contributed by atoms with Crippen molar-refractivity contribution in [1.29, 1.82) is 0 Å². The van der Waals surface area contributed by atoms with E-state index in [-0.39, 0.29) is 16.9 Å². The molecule has 1 aliphatic carbocycles. The van der Waals surface area contributed by atoms with Gasteiger partial charge in [-0.1, -0.05) is 20.8 Å². The lowest BCUT2D eigenvalue weighted by atomic mass is 9.92. The van der Waals surface area contributed by atoms with Gasteiger partial charge in [0.1, 0.15) is 0 Å². The van der Waals surface area contributed by atoms with Crippen molar-refractivity contribution < 1.29 is 4.79 Å². The van der Waals surface area contributed by atoms with Gasteiger partial charge in [-0.3, -0.25) is 4.79 Å². The van der Waals surface area contributed by atoms with Gasteiger partial charge in [0.2, 0.25) is 5.91 Å². The highest BCUT2D eigenvalue weighted by molar-refractivity contribution is 5.89. The Hall–Kier alpha value is -0.570. The van der Waals surface area contributed by atoms with Gasteiger partial charge in [-0.05, 0) is 38.5 Å². The number of amides is 1. The summed E-state index contributed by atoms with van der Waals surface area (Å²) in [6, 6.07) is 0.371. The fourth-order valence-electron chi connectivity index (χ4n) is 1.83. The summed E-state index contributed by atoms with van der Waals surface area (Å²) >= 11 is 0. The van der Waals surface area contributed by atoms with Crippen molar-refractivity contribution in [3.63, 3.8) is 0 Å². The minimum Gasteiger partial charge on any atom is -0.354 e. The van der Waals surface area contributed by atoms with Crippen LogP contribution in [0.3, 0.4) is 0 Å². The molecule has 0 unspecified atom stereocenters. The van der Waals surface area contributed by atoms with E-state index in [4.69, 9.17) is 0 Å². The highest BCUT2D eigenvalue weighted by Crippen LogP contribution is 2.36. The molecule has 1 aliphatic rings. The number of rotatable bonds is 5. The fraction of sp³-hybridized carbons (Fsp3) is 0.923. The van der Waals surface area contributed by atoms with Gasteiger partial charge in [0.05, 0.1) is 5.54 Å². The van der Waals surface area contributed by atoms with Crippen LogP contribution in [0.4, 0.5) is 0 Å². The van der Waals surface area contributed by atoms with Crippen molar-refractivity contribution in [1.82, 2.24) is 10.6 Å². The molecule has 0 radical (unpaired) electrons. The van der Waals surface area contributed by atoms with E-state index < -0.39 is 0 Å². The van der Waals surface area contributed by atoms with Crippen LogP contribution in [-0.4, -0.2) is 24.0 Å². The molecule has 0 aromatic rings. The normalized spacial score (nSPS) is 18.6. The van der Waals surface area contributed by atoms with Gasteiger partial charge in [0.25, 0.3) is 0 Å². The Morgan fingerprint density at radius 3 is 2.25 bits per heavy atom. The SMILES string of the molecule is CC(C)NC1(C(=O)NCCC(C)(C)C)CC1. The second kappa shape index (κ2) is 4.74. The van der Waals surface area contributed by atoms with E-state index in [1.54, 1.807) is 0 Å². The molecule has 16 heavy (non-hydrogen) atoms. The van der Waals surface area contributed by atoms with Gasteiger partial charge in [-0.25, -0.2) is 0 Å². The zero-order chi connectivity index (χ0) is 12.4. The Labute approximate surface area is 99.4 Å². The lowest BCUT2D eigenvalue weighted by Gasteiger charge is -2.22. The first kappa shape index (κ1) is 13.5. The molecule has 1 fully saturated rings. The maximum atomic E-state index is 12.0. The van der Waals surface area contributed by atoms with Crippen LogP contribution < -0.4 is 10.6 Å². The average Bonchev–Trinajstić information content (AvgIpc) is 2.82. The second-order valence-corrected chi connectivity index (χ2v) is 6.45. The molecule has 0 atom stereocenters. The van der Waals surface area contributed by atoms with E-state index in [1.807, 2.05) is 0 Å². The molecule has 0 spiro atoms. The van der Waals surface area contributed by atoms with Crippen molar-refractivity contribution in [2.45, 2.75) is 65.5 Å². The second-order valence-electron chi connectivity index (χ2n) is 6.45. The zero-order valence-corrected chi connectivity index (χ0v) is 11.3. The summed E-state index contributed by atoms with van der Waals surface area (Å²) in [4.78, 5) is 12.0. The molecule has 1 amide bonds. The molecule has 94 valence electrons. The summed E-state index contributed by atoms with van der Waals surface area (Å²) in [6.45, 7) is 11.5. The fourth-order valence-corrected chi connectivity index (χ4v) is 1.83. The molecule has 0 aliphatic heterocycles. The smallest absolute Gasteiger partial charge is 0.240 e. The van der Waals surface area contributed by atoms with Crippen LogP contribution in [0, 0.1) is 5.41 Å². The number of nitrogens with one attached hydrogen (secondary N) is 2. The van der Waals surface area contributed by atoms with Gasteiger partial charge >= 0.3 is 0 Å². The monoisotopic (exact) mass is 226 g/mol. The zero-order valence-electron chi connectivity index (χ0n) is 11.3. The van der Waals surface area contributed by atoms with Crippen LogP contribution in [0.15, 0.2) is 0 Å². The Kier molecular flexibility index (Phi) is 4.00. The van der Waals surface area contributed by atoms with Crippen LogP contribution in [-0.2, 0) is 4.79 Å². The molecular weight excluding hydrogens is 200 g/mol. The minimum atomic E-state index is -0.244. The first-order valence-electron chi connectivity index (χ1n) is 6.31. The largest absolute Gasteiger partial charge is 0.354 e. The van der Waals surface area contributed by atoms with Gasteiger partial charge in [0.15, 0.2) is 0 Å². The third-order valence-corrected chi connectivity index (χ3v) is 2.91. The Morgan fingerprint density at radius 1 is 1.31 bits per heavy atom. The van der Waals surface area contributed by atoms with Crippen LogP contribution in [0.1, 0.15) is 53.9 Å². The minimum absolute atomic E-state index is 0.186. The molecule has 3 nitrogen and oxygen atoms in total.